The first-order valence-electron chi connectivity index (χ1n) is 8.98. The fraction of sp³-hybridized carbons (Fsp3) is 0.286. The van der Waals surface area contributed by atoms with Crippen molar-refractivity contribution >= 4 is 32.7 Å². The Morgan fingerprint density at radius 3 is 2.46 bits per heavy atom. The zero-order valence-electron chi connectivity index (χ0n) is 14.5. The van der Waals surface area contributed by atoms with E-state index in [1.54, 1.807) is 0 Å². The molecule has 1 aliphatic rings. The number of primary amides is 1. The molecule has 3 N–H and O–H groups in total. The number of hydrogen-bond acceptors (Lipinski definition) is 2. The molecule has 1 saturated heterocycles. The van der Waals surface area contributed by atoms with Crippen LogP contribution in [0.4, 0.5) is 0 Å². The Bertz CT molecular complexity index is 877. The molecule has 1 amide bonds. The third-order valence-corrected chi connectivity index (χ3v) is 5.87. The SMILES string of the molecule is NC(=O)C(c1ccc(Br)cc1)N1CCC(c2cc3ccccc3[nH]2)CC1. The summed E-state index contributed by atoms with van der Waals surface area (Å²) in [6.45, 7) is 1.73. The minimum atomic E-state index is -0.355. The molecule has 4 rings (SSSR count). The van der Waals surface area contributed by atoms with Gasteiger partial charge in [-0.1, -0.05) is 46.3 Å². The normalized spacial score (nSPS) is 17.4. The molecule has 4 nitrogen and oxygen atoms in total. The summed E-state index contributed by atoms with van der Waals surface area (Å²) < 4.78 is 1.00. The molecule has 134 valence electrons. The van der Waals surface area contributed by atoms with E-state index >= 15 is 0 Å². The number of H-pyrrole nitrogens is 1. The molecule has 0 saturated carbocycles. The molecular formula is C21H22BrN3O. The van der Waals surface area contributed by atoms with Crippen molar-refractivity contribution in [1.29, 1.82) is 0 Å². The van der Waals surface area contributed by atoms with Gasteiger partial charge in [-0.25, -0.2) is 0 Å². The van der Waals surface area contributed by atoms with Crippen LogP contribution in [0.5, 0.6) is 0 Å². The van der Waals surface area contributed by atoms with E-state index in [1.165, 1.54) is 16.6 Å². The average Bonchev–Trinajstić information content (AvgIpc) is 3.08. The second kappa shape index (κ2) is 7.25. The molecule has 0 spiro atoms. The van der Waals surface area contributed by atoms with Crippen molar-refractivity contribution in [3.05, 3.63) is 70.3 Å². The van der Waals surface area contributed by atoms with E-state index in [4.69, 9.17) is 5.73 Å². The van der Waals surface area contributed by atoms with Crippen molar-refractivity contribution in [2.24, 2.45) is 5.73 Å². The van der Waals surface area contributed by atoms with Crippen molar-refractivity contribution in [1.82, 2.24) is 9.88 Å². The van der Waals surface area contributed by atoms with E-state index in [9.17, 15) is 4.79 Å². The molecule has 0 aliphatic carbocycles. The molecule has 26 heavy (non-hydrogen) atoms. The number of likely N-dealkylation sites (tertiary alicyclic amines) is 1. The van der Waals surface area contributed by atoms with Crippen molar-refractivity contribution in [3.63, 3.8) is 0 Å². The summed E-state index contributed by atoms with van der Waals surface area (Å²) >= 11 is 3.44. The molecule has 1 fully saturated rings. The van der Waals surface area contributed by atoms with Crippen LogP contribution in [0.2, 0.25) is 0 Å². The number of fused-ring (bicyclic) bond motifs is 1. The predicted molar refractivity (Wildman–Crippen MR) is 108 cm³/mol. The Hall–Kier alpha value is -2.11. The second-order valence-electron chi connectivity index (χ2n) is 6.98. The summed E-state index contributed by atoms with van der Waals surface area (Å²) in [5, 5.41) is 1.26. The maximum atomic E-state index is 12.1. The predicted octanol–water partition coefficient (Wildman–Crippen LogP) is 4.34. The number of benzene rings is 2. The molecule has 1 atom stereocenters. The van der Waals surface area contributed by atoms with Gasteiger partial charge in [0, 0.05) is 21.6 Å². The largest absolute Gasteiger partial charge is 0.368 e. The van der Waals surface area contributed by atoms with E-state index in [0.717, 1.165) is 36.0 Å². The number of aromatic nitrogens is 1. The van der Waals surface area contributed by atoms with Gasteiger partial charge in [-0.05, 0) is 61.1 Å². The average molecular weight is 412 g/mol. The number of para-hydroxylation sites is 1. The van der Waals surface area contributed by atoms with Crippen LogP contribution in [-0.2, 0) is 4.79 Å². The van der Waals surface area contributed by atoms with Crippen LogP contribution < -0.4 is 5.73 Å². The van der Waals surface area contributed by atoms with E-state index in [0.29, 0.717) is 5.92 Å². The number of rotatable bonds is 4. The van der Waals surface area contributed by atoms with Crippen LogP contribution in [0, 0.1) is 0 Å². The number of amides is 1. The van der Waals surface area contributed by atoms with Crippen LogP contribution in [0.3, 0.4) is 0 Å². The highest BCUT2D eigenvalue weighted by atomic mass is 79.9. The number of nitrogens with one attached hydrogen (secondary N) is 1. The Morgan fingerprint density at radius 1 is 1.12 bits per heavy atom. The fourth-order valence-electron chi connectivity index (χ4n) is 3.98. The van der Waals surface area contributed by atoms with Gasteiger partial charge in [0.2, 0.25) is 5.91 Å². The van der Waals surface area contributed by atoms with Gasteiger partial charge in [-0.15, -0.1) is 0 Å². The highest BCUT2D eigenvalue weighted by Gasteiger charge is 2.30. The van der Waals surface area contributed by atoms with Gasteiger partial charge in [0.15, 0.2) is 0 Å². The van der Waals surface area contributed by atoms with Crippen LogP contribution in [-0.4, -0.2) is 28.9 Å². The number of nitrogens with two attached hydrogens (primary N) is 1. The number of piperidine rings is 1. The summed E-state index contributed by atoms with van der Waals surface area (Å²) in [6.07, 6.45) is 2.04. The molecule has 5 heteroatoms. The smallest absolute Gasteiger partial charge is 0.239 e. The maximum absolute atomic E-state index is 12.1. The van der Waals surface area contributed by atoms with E-state index in [-0.39, 0.29) is 11.9 Å². The first-order valence-corrected chi connectivity index (χ1v) is 9.77. The first-order chi connectivity index (χ1) is 12.6. The maximum Gasteiger partial charge on any atom is 0.239 e. The van der Waals surface area contributed by atoms with Gasteiger partial charge in [-0.3, -0.25) is 9.69 Å². The number of hydrogen-bond donors (Lipinski definition) is 2. The van der Waals surface area contributed by atoms with Gasteiger partial charge in [-0.2, -0.15) is 0 Å². The van der Waals surface area contributed by atoms with Gasteiger partial charge >= 0.3 is 0 Å². The minimum absolute atomic E-state index is 0.281. The van der Waals surface area contributed by atoms with Crippen molar-refractivity contribution < 1.29 is 4.79 Å². The van der Waals surface area contributed by atoms with E-state index < -0.39 is 0 Å². The van der Waals surface area contributed by atoms with E-state index in [1.807, 2.05) is 24.3 Å². The molecular weight excluding hydrogens is 390 g/mol. The monoisotopic (exact) mass is 411 g/mol. The van der Waals surface area contributed by atoms with Crippen LogP contribution in [0.1, 0.15) is 36.1 Å². The second-order valence-corrected chi connectivity index (χ2v) is 7.89. The third-order valence-electron chi connectivity index (χ3n) is 5.34. The fourth-order valence-corrected chi connectivity index (χ4v) is 4.25. The first kappa shape index (κ1) is 17.3. The lowest BCUT2D eigenvalue weighted by molar-refractivity contribution is -0.124. The molecule has 0 radical (unpaired) electrons. The van der Waals surface area contributed by atoms with Crippen molar-refractivity contribution in [2.75, 3.05) is 13.1 Å². The van der Waals surface area contributed by atoms with Crippen molar-refractivity contribution in [2.45, 2.75) is 24.8 Å². The summed E-state index contributed by atoms with van der Waals surface area (Å²) in [4.78, 5) is 17.9. The Morgan fingerprint density at radius 2 is 1.81 bits per heavy atom. The van der Waals surface area contributed by atoms with Gasteiger partial charge in [0.05, 0.1) is 0 Å². The molecule has 2 aromatic carbocycles. The van der Waals surface area contributed by atoms with Crippen LogP contribution in [0.25, 0.3) is 10.9 Å². The molecule has 3 aromatic rings. The summed E-state index contributed by atoms with van der Waals surface area (Å²) in [6, 6.07) is 18.2. The number of carbonyl (C=O) groups is 1. The Balaban J connectivity index is 1.49. The lowest BCUT2D eigenvalue weighted by Crippen LogP contribution is -2.42. The minimum Gasteiger partial charge on any atom is -0.368 e. The Labute approximate surface area is 161 Å². The standard InChI is InChI=1S/C21H22BrN3O/c22-17-7-5-15(6-8-17)20(21(23)26)25-11-9-14(10-12-25)19-13-16-3-1-2-4-18(16)24-19/h1-8,13-14,20,24H,9-12H2,(H2,23,26). The lowest BCUT2D eigenvalue weighted by Gasteiger charge is -2.36. The van der Waals surface area contributed by atoms with Crippen LogP contribution >= 0.6 is 15.9 Å². The van der Waals surface area contributed by atoms with Crippen LogP contribution in [0.15, 0.2) is 59.1 Å². The molecule has 0 bridgehead atoms. The number of carbonyl (C=O) groups excluding carboxylic acids is 1. The highest BCUT2D eigenvalue weighted by Crippen LogP contribution is 2.33. The quantitative estimate of drug-likeness (QED) is 0.670. The number of aromatic amines is 1. The Kier molecular flexibility index (Phi) is 4.83. The summed E-state index contributed by atoms with van der Waals surface area (Å²) in [5.41, 5.74) is 9.18. The molecule has 1 aromatic heterocycles. The van der Waals surface area contributed by atoms with Gasteiger partial charge in [0.25, 0.3) is 0 Å². The zero-order valence-corrected chi connectivity index (χ0v) is 16.1. The lowest BCUT2D eigenvalue weighted by atomic mass is 9.91. The molecule has 1 unspecified atom stereocenters. The number of nitrogens with zero attached hydrogens (tertiary/aromatic N) is 1. The molecule has 2 heterocycles. The number of halogens is 1. The highest BCUT2D eigenvalue weighted by molar-refractivity contribution is 9.10. The zero-order chi connectivity index (χ0) is 18.1. The third kappa shape index (κ3) is 3.41. The van der Waals surface area contributed by atoms with E-state index in [2.05, 4.69) is 56.1 Å². The van der Waals surface area contributed by atoms with Crippen molar-refractivity contribution in [3.8, 4) is 0 Å². The summed E-state index contributed by atoms with van der Waals surface area (Å²) in [7, 11) is 0. The topological polar surface area (TPSA) is 62.1 Å². The van der Waals surface area contributed by atoms with Gasteiger partial charge in [0.1, 0.15) is 6.04 Å². The summed E-state index contributed by atoms with van der Waals surface area (Å²) in [5.74, 6) is 0.216. The van der Waals surface area contributed by atoms with Gasteiger partial charge < -0.3 is 10.7 Å². The molecule has 1 aliphatic heterocycles.